The zero-order valence-corrected chi connectivity index (χ0v) is 18.0. The number of thioether (sulfide) groups is 1. The molecule has 0 bridgehead atoms. The van der Waals surface area contributed by atoms with Crippen molar-refractivity contribution in [3.05, 3.63) is 60.3 Å². The first-order valence-corrected chi connectivity index (χ1v) is 10.4. The number of amides is 3. The highest BCUT2D eigenvalue weighted by molar-refractivity contribution is 8.00. The van der Waals surface area contributed by atoms with Gasteiger partial charge in [0.15, 0.2) is 0 Å². The Bertz CT molecular complexity index is 1210. The lowest BCUT2D eigenvalue weighted by molar-refractivity contribution is -0.123. The van der Waals surface area contributed by atoms with Crippen LogP contribution in [0, 0.1) is 0 Å². The Balaban J connectivity index is 1.66. The van der Waals surface area contributed by atoms with Crippen LogP contribution >= 0.6 is 11.8 Å². The van der Waals surface area contributed by atoms with Gasteiger partial charge in [-0.2, -0.15) is 13.2 Å². The van der Waals surface area contributed by atoms with E-state index in [1.807, 2.05) is 6.07 Å². The molecule has 1 aromatic heterocycles. The fraction of sp³-hybridized carbons (Fsp3) is 0.227. The summed E-state index contributed by atoms with van der Waals surface area (Å²) in [7, 11) is 0. The van der Waals surface area contributed by atoms with Crippen LogP contribution in [0.15, 0.2) is 59.6 Å². The number of hydrogen-bond donors (Lipinski definition) is 1. The topological polar surface area (TPSA) is 79.5 Å². The van der Waals surface area contributed by atoms with E-state index in [1.54, 1.807) is 38.2 Å². The zero-order chi connectivity index (χ0) is 23.3. The number of halogens is 3. The quantitative estimate of drug-likeness (QED) is 0.330. The maximum absolute atomic E-state index is 13.3. The number of nitrogens with two attached hydrogens (primary N) is 1. The minimum Gasteiger partial charge on any atom is -0.398 e. The molecular weight excluding hydrogens is 441 g/mol. The minimum atomic E-state index is -4.42. The average Bonchev–Trinajstić information content (AvgIpc) is 2.87. The van der Waals surface area contributed by atoms with Crippen LogP contribution in [0.1, 0.15) is 19.4 Å². The van der Waals surface area contributed by atoms with E-state index in [2.05, 4.69) is 4.98 Å². The number of fused-ring (bicyclic) bond motifs is 1. The molecule has 3 amide bonds. The van der Waals surface area contributed by atoms with Crippen LogP contribution in [-0.2, 0) is 11.3 Å². The summed E-state index contributed by atoms with van der Waals surface area (Å²) in [4.78, 5) is 33.1. The number of nitrogens with zero attached hydrogens (tertiary/aromatic N) is 3. The van der Waals surface area contributed by atoms with E-state index in [4.69, 9.17) is 5.73 Å². The largest absolute Gasteiger partial charge is 0.446 e. The number of alkyl halides is 3. The first-order chi connectivity index (χ1) is 15.0. The molecule has 0 unspecified atom stereocenters. The standard InChI is InChI=1S/C22H19F3N4O2S/c1-21(2)19(30)29(14-6-8-15(9-7-14)32-22(23,24)25)20(31)28(21)12-13-10-11-27-17-5-3-4-16(26)18(13)17/h3-11H,12,26H2,1-2H3. The fourth-order valence-electron chi connectivity index (χ4n) is 3.73. The normalized spacial score (nSPS) is 16.3. The molecule has 0 atom stereocenters. The molecule has 1 aliphatic heterocycles. The van der Waals surface area contributed by atoms with Crippen molar-refractivity contribution in [2.45, 2.75) is 36.3 Å². The maximum Gasteiger partial charge on any atom is 0.446 e. The molecule has 2 N–H and O–H groups in total. The van der Waals surface area contributed by atoms with Gasteiger partial charge in [-0.3, -0.25) is 9.78 Å². The second kappa shape index (κ2) is 7.70. The molecule has 166 valence electrons. The number of rotatable bonds is 4. The number of carbonyl (C=O) groups is 2. The number of urea groups is 1. The van der Waals surface area contributed by atoms with E-state index in [9.17, 15) is 22.8 Å². The highest BCUT2D eigenvalue weighted by atomic mass is 32.2. The van der Waals surface area contributed by atoms with Crippen molar-refractivity contribution < 1.29 is 22.8 Å². The Kier molecular flexibility index (Phi) is 5.28. The predicted octanol–water partition coefficient (Wildman–Crippen LogP) is 5.18. The second-order valence-corrected chi connectivity index (χ2v) is 8.96. The Morgan fingerprint density at radius 2 is 1.75 bits per heavy atom. The van der Waals surface area contributed by atoms with Crippen molar-refractivity contribution in [1.82, 2.24) is 9.88 Å². The van der Waals surface area contributed by atoms with E-state index >= 15 is 0 Å². The predicted molar refractivity (Wildman–Crippen MR) is 117 cm³/mol. The maximum atomic E-state index is 13.3. The van der Waals surface area contributed by atoms with Crippen molar-refractivity contribution >= 4 is 46.0 Å². The molecule has 32 heavy (non-hydrogen) atoms. The van der Waals surface area contributed by atoms with Crippen LogP contribution < -0.4 is 10.6 Å². The van der Waals surface area contributed by atoms with Crippen molar-refractivity contribution in [2.24, 2.45) is 0 Å². The van der Waals surface area contributed by atoms with Gasteiger partial charge in [0.25, 0.3) is 5.91 Å². The van der Waals surface area contributed by atoms with Gasteiger partial charge in [-0.15, -0.1) is 0 Å². The molecular formula is C22H19F3N4O2S. The number of hydrogen-bond acceptors (Lipinski definition) is 5. The molecule has 1 saturated heterocycles. The SMILES string of the molecule is CC1(C)C(=O)N(c2ccc(SC(F)(F)F)cc2)C(=O)N1Cc1ccnc2cccc(N)c12. The molecule has 0 radical (unpaired) electrons. The molecule has 1 aliphatic rings. The number of nitrogen functional groups attached to an aromatic ring is 1. The molecule has 10 heteroatoms. The lowest BCUT2D eigenvalue weighted by atomic mass is 10.0. The number of imide groups is 1. The van der Waals surface area contributed by atoms with Crippen molar-refractivity contribution in [1.29, 1.82) is 0 Å². The summed E-state index contributed by atoms with van der Waals surface area (Å²) in [6.07, 6.45) is 1.61. The molecule has 2 aromatic carbocycles. The fourth-order valence-corrected chi connectivity index (χ4v) is 4.27. The third-order valence-corrected chi connectivity index (χ3v) is 6.10. The molecule has 0 spiro atoms. The van der Waals surface area contributed by atoms with Crippen molar-refractivity contribution in [2.75, 3.05) is 10.6 Å². The smallest absolute Gasteiger partial charge is 0.398 e. The van der Waals surface area contributed by atoms with Gasteiger partial charge >= 0.3 is 11.5 Å². The number of carbonyl (C=O) groups excluding carboxylic acids is 2. The first kappa shape index (κ1) is 21.9. The van der Waals surface area contributed by atoms with Crippen LogP contribution in [-0.4, -0.2) is 32.9 Å². The Hall–Kier alpha value is -3.27. The number of benzene rings is 2. The molecule has 0 aliphatic carbocycles. The zero-order valence-electron chi connectivity index (χ0n) is 17.2. The van der Waals surface area contributed by atoms with E-state index < -0.39 is 23.0 Å². The summed E-state index contributed by atoms with van der Waals surface area (Å²) in [5, 5.41) is 0.707. The van der Waals surface area contributed by atoms with Crippen LogP contribution in [0.2, 0.25) is 0 Å². The lowest BCUT2D eigenvalue weighted by Gasteiger charge is -2.28. The molecule has 2 heterocycles. The molecule has 1 fully saturated rings. The molecule has 3 aromatic rings. The van der Waals surface area contributed by atoms with Gasteiger partial charge in [0.1, 0.15) is 5.54 Å². The van der Waals surface area contributed by atoms with Gasteiger partial charge in [0, 0.05) is 28.7 Å². The van der Waals surface area contributed by atoms with Gasteiger partial charge in [0.05, 0.1) is 11.2 Å². The number of anilines is 2. The Morgan fingerprint density at radius 3 is 2.41 bits per heavy atom. The third-order valence-electron chi connectivity index (χ3n) is 5.37. The second-order valence-electron chi connectivity index (χ2n) is 7.82. The van der Waals surface area contributed by atoms with Gasteiger partial charge in [-0.25, -0.2) is 9.69 Å². The van der Waals surface area contributed by atoms with Crippen LogP contribution in [0.5, 0.6) is 0 Å². The Labute approximate surface area is 186 Å². The summed E-state index contributed by atoms with van der Waals surface area (Å²) in [6, 6.07) is 11.7. The van der Waals surface area contributed by atoms with Crippen molar-refractivity contribution in [3.8, 4) is 0 Å². The average molecular weight is 460 g/mol. The highest BCUT2D eigenvalue weighted by Crippen LogP contribution is 2.39. The molecule has 6 nitrogen and oxygen atoms in total. The number of aromatic nitrogens is 1. The summed E-state index contributed by atoms with van der Waals surface area (Å²) >= 11 is -0.258. The Morgan fingerprint density at radius 1 is 1.06 bits per heavy atom. The van der Waals surface area contributed by atoms with E-state index in [0.29, 0.717) is 16.6 Å². The van der Waals surface area contributed by atoms with E-state index in [-0.39, 0.29) is 28.9 Å². The molecule has 0 saturated carbocycles. The van der Waals surface area contributed by atoms with Crippen molar-refractivity contribution in [3.63, 3.8) is 0 Å². The summed E-state index contributed by atoms with van der Waals surface area (Å²) in [5.74, 6) is -0.468. The molecule has 4 rings (SSSR count). The van der Waals surface area contributed by atoms with Gasteiger partial charge in [0.2, 0.25) is 0 Å². The highest BCUT2D eigenvalue weighted by Gasteiger charge is 2.51. The summed E-state index contributed by atoms with van der Waals surface area (Å²) in [5.41, 5.74) is 2.67. The van der Waals surface area contributed by atoms with E-state index in [1.165, 1.54) is 29.2 Å². The van der Waals surface area contributed by atoms with Crippen LogP contribution in [0.4, 0.5) is 29.3 Å². The first-order valence-electron chi connectivity index (χ1n) is 9.63. The minimum absolute atomic E-state index is 0.0322. The number of pyridine rings is 1. The van der Waals surface area contributed by atoms with Gasteiger partial charge in [-0.1, -0.05) is 6.07 Å². The monoisotopic (exact) mass is 460 g/mol. The lowest BCUT2D eigenvalue weighted by Crippen LogP contribution is -2.43. The third kappa shape index (κ3) is 3.86. The summed E-state index contributed by atoms with van der Waals surface area (Å²) in [6.45, 7) is 3.38. The summed E-state index contributed by atoms with van der Waals surface area (Å²) < 4.78 is 37.8. The van der Waals surface area contributed by atoms with Gasteiger partial charge in [-0.05, 0) is 73.6 Å². The van der Waals surface area contributed by atoms with Crippen LogP contribution in [0.25, 0.3) is 10.9 Å². The van der Waals surface area contributed by atoms with Crippen LogP contribution in [0.3, 0.4) is 0 Å². The van der Waals surface area contributed by atoms with E-state index in [0.717, 1.165) is 10.5 Å². The van der Waals surface area contributed by atoms with Gasteiger partial charge < -0.3 is 10.6 Å².